The lowest BCUT2D eigenvalue weighted by atomic mass is 10.1. The molecule has 0 atom stereocenters. The Hall–Kier alpha value is -0.870. The van der Waals surface area contributed by atoms with Crippen molar-refractivity contribution in [2.24, 2.45) is 0 Å². The highest BCUT2D eigenvalue weighted by Gasteiger charge is 2.29. The molecule has 5 heteroatoms. The lowest BCUT2D eigenvalue weighted by Gasteiger charge is -2.39. The van der Waals surface area contributed by atoms with Crippen LogP contribution in [0.25, 0.3) is 0 Å². The smallest absolute Gasteiger partial charge is 0.337 e. The topological polar surface area (TPSA) is 40.5 Å². The fourth-order valence-corrected chi connectivity index (χ4v) is 3.46. The SMILES string of the molecule is CC1(C)CN(c2ccc(Cl)cc2C(=O)O)CCS1. The fourth-order valence-electron chi connectivity index (χ4n) is 2.18. The van der Waals surface area contributed by atoms with E-state index in [0.717, 1.165) is 24.5 Å². The van der Waals surface area contributed by atoms with Gasteiger partial charge in [0.1, 0.15) is 0 Å². The summed E-state index contributed by atoms with van der Waals surface area (Å²) in [4.78, 5) is 13.4. The van der Waals surface area contributed by atoms with Gasteiger partial charge in [-0.25, -0.2) is 4.79 Å². The number of hydrogen-bond donors (Lipinski definition) is 1. The molecule has 0 saturated carbocycles. The predicted molar refractivity (Wildman–Crippen MR) is 77.2 cm³/mol. The van der Waals surface area contributed by atoms with Gasteiger partial charge in [0, 0.05) is 28.6 Å². The van der Waals surface area contributed by atoms with E-state index >= 15 is 0 Å². The average Bonchev–Trinajstić information content (AvgIpc) is 2.27. The molecule has 1 aliphatic rings. The third-order valence-corrected chi connectivity index (χ3v) is 4.49. The van der Waals surface area contributed by atoms with Crippen LogP contribution in [0.3, 0.4) is 0 Å². The number of rotatable bonds is 2. The summed E-state index contributed by atoms with van der Waals surface area (Å²) in [5, 5.41) is 9.72. The number of carboxylic acids is 1. The average molecular weight is 286 g/mol. The van der Waals surface area contributed by atoms with E-state index in [9.17, 15) is 9.90 Å². The lowest BCUT2D eigenvalue weighted by Crippen LogP contribution is -2.43. The van der Waals surface area contributed by atoms with Gasteiger partial charge in [-0.05, 0) is 32.0 Å². The van der Waals surface area contributed by atoms with E-state index < -0.39 is 5.97 Å². The molecule has 0 bridgehead atoms. The number of hydrogen-bond acceptors (Lipinski definition) is 3. The van der Waals surface area contributed by atoms with Gasteiger partial charge in [-0.1, -0.05) is 11.6 Å². The van der Waals surface area contributed by atoms with Crippen LogP contribution in [0.1, 0.15) is 24.2 Å². The van der Waals surface area contributed by atoms with E-state index in [1.807, 2.05) is 11.8 Å². The maximum Gasteiger partial charge on any atom is 0.337 e. The third kappa shape index (κ3) is 2.93. The zero-order chi connectivity index (χ0) is 13.3. The van der Waals surface area contributed by atoms with Crippen LogP contribution in [-0.2, 0) is 0 Å². The van der Waals surface area contributed by atoms with E-state index in [1.54, 1.807) is 12.1 Å². The van der Waals surface area contributed by atoms with Crippen molar-refractivity contribution in [3.05, 3.63) is 28.8 Å². The minimum Gasteiger partial charge on any atom is -0.478 e. The first-order chi connectivity index (χ1) is 8.39. The quantitative estimate of drug-likeness (QED) is 0.904. The monoisotopic (exact) mass is 285 g/mol. The molecule has 0 spiro atoms. The van der Waals surface area contributed by atoms with E-state index in [1.165, 1.54) is 6.07 Å². The number of anilines is 1. The zero-order valence-corrected chi connectivity index (χ0v) is 12.0. The van der Waals surface area contributed by atoms with Gasteiger partial charge in [-0.3, -0.25) is 0 Å². The number of nitrogens with zero attached hydrogens (tertiary/aromatic N) is 1. The molecule has 1 heterocycles. The van der Waals surface area contributed by atoms with Crippen molar-refractivity contribution < 1.29 is 9.90 Å². The summed E-state index contributed by atoms with van der Waals surface area (Å²) < 4.78 is 0.146. The molecular weight excluding hydrogens is 270 g/mol. The van der Waals surface area contributed by atoms with Crippen molar-refractivity contribution in [1.82, 2.24) is 0 Å². The lowest BCUT2D eigenvalue weighted by molar-refractivity contribution is 0.0697. The van der Waals surface area contributed by atoms with Gasteiger partial charge in [-0.15, -0.1) is 0 Å². The summed E-state index contributed by atoms with van der Waals surface area (Å²) in [5.74, 6) is 0.0813. The first-order valence-electron chi connectivity index (χ1n) is 5.81. The van der Waals surface area contributed by atoms with Crippen molar-refractivity contribution in [3.8, 4) is 0 Å². The standard InChI is InChI=1S/C13H16ClNO2S/c1-13(2)8-15(5-6-18-13)11-4-3-9(14)7-10(11)12(16)17/h3-4,7H,5-6,8H2,1-2H3,(H,16,17). The summed E-state index contributed by atoms with van der Waals surface area (Å²) >= 11 is 7.79. The molecule has 1 saturated heterocycles. The molecule has 0 aromatic heterocycles. The third-order valence-electron chi connectivity index (χ3n) is 2.96. The number of aromatic carboxylic acids is 1. The summed E-state index contributed by atoms with van der Waals surface area (Å²) in [5.41, 5.74) is 1.05. The second kappa shape index (κ2) is 5.02. The Labute approximate surface area is 116 Å². The molecule has 1 aromatic carbocycles. The van der Waals surface area contributed by atoms with Crippen molar-refractivity contribution >= 4 is 35.0 Å². The number of carbonyl (C=O) groups is 1. The Morgan fingerprint density at radius 3 is 2.83 bits per heavy atom. The highest BCUT2D eigenvalue weighted by Crippen LogP contribution is 2.34. The molecule has 3 nitrogen and oxygen atoms in total. The second-order valence-electron chi connectivity index (χ2n) is 5.00. The van der Waals surface area contributed by atoms with Gasteiger partial charge >= 0.3 is 5.97 Å². The van der Waals surface area contributed by atoms with Crippen LogP contribution in [0.2, 0.25) is 5.02 Å². The normalized spacial score (nSPS) is 18.7. The molecule has 0 radical (unpaired) electrons. The van der Waals surface area contributed by atoms with Crippen molar-refractivity contribution in [2.45, 2.75) is 18.6 Å². The highest BCUT2D eigenvalue weighted by atomic mass is 35.5. The summed E-state index contributed by atoms with van der Waals surface area (Å²) in [6, 6.07) is 5.07. The maximum absolute atomic E-state index is 11.3. The summed E-state index contributed by atoms with van der Waals surface area (Å²) in [6.45, 7) is 6.08. The molecule has 1 N–H and O–H groups in total. The molecule has 0 amide bonds. The first kappa shape index (κ1) is 13.6. The Bertz CT molecular complexity index is 476. The first-order valence-corrected chi connectivity index (χ1v) is 7.17. The Morgan fingerprint density at radius 1 is 1.50 bits per heavy atom. The molecule has 2 rings (SSSR count). The van der Waals surface area contributed by atoms with Crippen LogP contribution < -0.4 is 4.90 Å². The van der Waals surface area contributed by atoms with Gasteiger partial charge in [0.2, 0.25) is 0 Å². The van der Waals surface area contributed by atoms with Gasteiger partial charge in [0.15, 0.2) is 0 Å². The molecular formula is C13H16ClNO2S. The zero-order valence-electron chi connectivity index (χ0n) is 10.4. The molecule has 18 heavy (non-hydrogen) atoms. The molecule has 0 aliphatic carbocycles. The molecule has 98 valence electrons. The van der Waals surface area contributed by atoms with Gasteiger partial charge in [0.25, 0.3) is 0 Å². The molecule has 0 unspecified atom stereocenters. The van der Waals surface area contributed by atoms with E-state index in [0.29, 0.717) is 5.02 Å². The molecule has 1 aromatic rings. The van der Waals surface area contributed by atoms with Gasteiger partial charge in [0.05, 0.1) is 11.3 Å². The maximum atomic E-state index is 11.3. The van der Waals surface area contributed by atoms with Crippen LogP contribution in [0.5, 0.6) is 0 Å². The number of carboxylic acid groups (broad SMARTS) is 1. The highest BCUT2D eigenvalue weighted by molar-refractivity contribution is 8.00. The van der Waals surface area contributed by atoms with Gasteiger partial charge in [-0.2, -0.15) is 11.8 Å². The van der Waals surface area contributed by atoms with Crippen molar-refractivity contribution in [3.63, 3.8) is 0 Å². The van der Waals surface area contributed by atoms with Crippen LogP contribution in [0.4, 0.5) is 5.69 Å². The predicted octanol–water partition coefficient (Wildman–Crippen LogP) is 3.37. The van der Waals surface area contributed by atoms with Crippen molar-refractivity contribution in [2.75, 3.05) is 23.7 Å². The van der Waals surface area contributed by atoms with E-state index in [2.05, 4.69) is 18.7 Å². The van der Waals surface area contributed by atoms with Crippen LogP contribution in [0.15, 0.2) is 18.2 Å². The van der Waals surface area contributed by atoms with E-state index in [4.69, 9.17) is 11.6 Å². The number of thioether (sulfide) groups is 1. The second-order valence-corrected chi connectivity index (χ2v) is 7.23. The summed E-state index contributed by atoms with van der Waals surface area (Å²) in [6.07, 6.45) is 0. The fraction of sp³-hybridized carbons (Fsp3) is 0.462. The summed E-state index contributed by atoms with van der Waals surface area (Å²) in [7, 11) is 0. The van der Waals surface area contributed by atoms with Gasteiger partial charge < -0.3 is 10.0 Å². The Kier molecular flexibility index (Phi) is 3.78. The minimum atomic E-state index is -0.927. The van der Waals surface area contributed by atoms with Crippen molar-refractivity contribution in [1.29, 1.82) is 0 Å². The Morgan fingerprint density at radius 2 is 2.22 bits per heavy atom. The van der Waals surface area contributed by atoms with E-state index in [-0.39, 0.29) is 10.3 Å². The van der Waals surface area contributed by atoms with Crippen LogP contribution >= 0.6 is 23.4 Å². The van der Waals surface area contributed by atoms with Crippen LogP contribution in [-0.4, -0.2) is 34.7 Å². The molecule has 1 fully saturated rings. The largest absolute Gasteiger partial charge is 0.478 e. The number of halogens is 1. The minimum absolute atomic E-state index is 0.146. The number of benzene rings is 1. The molecule has 1 aliphatic heterocycles. The Balaban J connectivity index is 2.35. The van der Waals surface area contributed by atoms with Crippen LogP contribution in [0, 0.1) is 0 Å².